The SMILES string of the molecule is CC.COCCOC(S[S-])c1ccccc1.[U]. The van der Waals surface area contributed by atoms with E-state index < -0.39 is 0 Å². The van der Waals surface area contributed by atoms with Crippen LogP contribution < -0.4 is 0 Å². The summed E-state index contributed by atoms with van der Waals surface area (Å²) < 4.78 is 10.5. The van der Waals surface area contributed by atoms with Crippen LogP contribution in [0.25, 0.3) is 0 Å². The molecule has 0 radical (unpaired) electrons. The molecule has 1 aromatic rings. The van der Waals surface area contributed by atoms with Crippen molar-refractivity contribution in [2.24, 2.45) is 0 Å². The zero-order valence-electron chi connectivity index (χ0n) is 10.5. The average molecular weight is 497 g/mol. The van der Waals surface area contributed by atoms with Gasteiger partial charge >= 0.3 is 0 Å². The van der Waals surface area contributed by atoms with Gasteiger partial charge in [-0.05, 0) is 5.56 Å². The second kappa shape index (κ2) is 15.0. The van der Waals surface area contributed by atoms with E-state index in [1.54, 1.807) is 7.11 Å². The second-order valence-electron chi connectivity index (χ2n) is 2.70. The van der Waals surface area contributed by atoms with E-state index in [4.69, 9.17) is 21.1 Å². The third-order valence-corrected chi connectivity index (χ3v) is 2.82. The summed E-state index contributed by atoms with van der Waals surface area (Å²) in [6.45, 7) is 5.17. The smallest absolute Gasteiger partial charge is 0.106 e. The van der Waals surface area contributed by atoms with Crippen molar-refractivity contribution < 1.29 is 40.6 Å². The van der Waals surface area contributed by atoms with Gasteiger partial charge in [-0.3, -0.25) is 10.8 Å². The number of hydrogen-bond acceptors (Lipinski definition) is 4. The van der Waals surface area contributed by atoms with Crippen molar-refractivity contribution in [1.29, 1.82) is 0 Å². The molecule has 96 valence electrons. The number of hydrogen-bond donors (Lipinski definition) is 0. The molecule has 0 heterocycles. The van der Waals surface area contributed by atoms with Crippen molar-refractivity contribution >= 4 is 22.5 Å². The predicted molar refractivity (Wildman–Crippen MR) is 73.3 cm³/mol. The molecule has 0 fully saturated rings. The molecule has 2 nitrogen and oxygen atoms in total. The van der Waals surface area contributed by atoms with Crippen LogP contribution in [-0.2, 0) is 21.1 Å². The van der Waals surface area contributed by atoms with Gasteiger partial charge in [0.25, 0.3) is 0 Å². The van der Waals surface area contributed by atoms with Gasteiger partial charge in [-0.15, -0.1) is 0 Å². The van der Waals surface area contributed by atoms with Gasteiger partial charge in [0.2, 0.25) is 0 Å². The molecular formula is C12H19O2S2U-. The Morgan fingerprint density at radius 3 is 2.24 bits per heavy atom. The Bertz CT molecular complexity index is 248. The van der Waals surface area contributed by atoms with Crippen LogP contribution in [0.2, 0.25) is 0 Å². The molecule has 0 amide bonds. The minimum Gasteiger partial charge on any atom is -0.716 e. The molecule has 0 N–H and O–H groups in total. The molecule has 1 atom stereocenters. The molecular weight excluding hydrogens is 478 g/mol. The second-order valence-corrected chi connectivity index (χ2v) is 3.90. The molecule has 5 heteroatoms. The Morgan fingerprint density at radius 2 is 1.76 bits per heavy atom. The molecule has 0 saturated carbocycles. The van der Waals surface area contributed by atoms with E-state index in [1.807, 2.05) is 44.2 Å². The van der Waals surface area contributed by atoms with Crippen LogP contribution in [0, 0.1) is 31.1 Å². The molecule has 0 aliphatic rings. The van der Waals surface area contributed by atoms with E-state index >= 15 is 0 Å². The summed E-state index contributed by atoms with van der Waals surface area (Å²) in [6, 6.07) is 9.96. The molecule has 17 heavy (non-hydrogen) atoms. The van der Waals surface area contributed by atoms with Crippen molar-refractivity contribution in [2.45, 2.75) is 19.3 Å². The minimum absolute atomic E-state index is 0. The van der Waals surface area contributed by atoms with E-state index in [2.05, 4.69) is 0 Å². The third-order valence-electron chi connectivity index (χ3n) is 1.72. The molecule has 1 rings (SSSR count). The summed E-state index contributed by atoms with van der Waals surface area (Å²) in [6.07, 6.45) is 0. The summed E-state index contributed by atoms with van der Waals surface area (Å²) in [4.78, 5) is 0. The predicted octanol–water partition coefficient (Wildman–Crippen LogP) is 3.57. The van der Waals surface area contributed by atoms with Crippen LogP contribution >= 0.6 is 10.8 Å². The molecule has 1 unspecified atom stereocenters. The maximum Gasteiger partial charge on any atom is 0.106 e. The van der Waals surface area contributed by atoms with Gasteiger partial charge in [0.15, 0.2) is 0 Å². The van der Waals surface area contributed by atoms with Crippen LogP contribution in [0.3, 0.4) is 0 Å². The zero-order valence-corrected chi connectivity index (χ0v) is 16.3. The fourth-order valence-electron chi connectivity index (χ4n) is 1.03. The van der Waals surface area contributed by atoms with Crippen LogP contribution in [0.4, 0.5) is 0 Å². The molecule has 0 bridgehead atoms. The van der Waals surface area contributed by atoms with E-state index in [1.165, 1.54) is 10.8 Å². The van der Waals surface area contributed by atoms with Crippen molar-refractivity contribution in [2.75, 3.05) is 20.3 Å². The average Bonchev–Trinajstić information content (AvgIpc) is 2.38. The summed E-state index contributed by atoms with van der Waals surface area (Å²) in [5.41, 5.74) is 1.03. The number of ether oxygens (including phenoxy) is 2. The molecule has 0 aromatic heterocycles. The molecule has 0 spiro atoms. The van der Waals surface area contributed by atoms with Gasteiger partial charge in [0.05, 0.1) is 13.2 Å². The van der Waals surface area contributed by atoms with Gasteiger partial charge in [0.1, 0.15) is 5.44 Å². The summed E-state index contributed by atoms with van der Waals surface area (Å²) in [7, 11) is 2.93. The van der Waals surface area contributed by atoms with Crippen LogP contribution in [0.1, 0.15) is 24.8 Å². The van der Waals surface area contributed by atoms with E-state index in [-0.39, 0.29) is 36.5 Å². The first-order valence-corrected chi connectivity index (χ1v) is 7.13. The first-order chi connectivity index (χ1) is 7.88. The standard InChI is InChI=1S/C10H14O2S2.C2H6.U/c1-11-7-8-12-10(14-13)9-5-3-2-4-6-9;1-2;/h2-6,10,13H,7-8H2,1H3;1-2H3;/p-1. The first kappa shape index (κ1) is 20.2. The molecule has 0 saturated heterocycles. The Kier molecular flexibility index (Phi) is 17.8. The molecule has 1 aromatic carbocycles. The topological polar surface area (TPSA) is 18.5 Å². The van der Waals surface area contributed by atoms with E-state index in [0.29, 0.717) is 13.2 Å². The van der Waals surface area contributed by atoms with E-state index in [9.17, 15) is 0 Å². The quantitative estimate of drug-likeness (QED) is 0.259. The van der Waals surface area contributed by atoms with Crippen molar-refractivity contribution in [3.63, 3.8) is 0 Å². The first-order valence-electron chi connectivity index (χ1n) is 5.32. The van der Waals surface area contributed by atoms with Gasteiger partial charge in [0, 0.05) is 38.2 Å². The van der Waals surface area contributed by atoms with Crippen molar-refractivity contribution in [3.05, 3.63) is 35.9 Å². The van der Waals surface area contributed by atoms with Gasteiger partial charge in [-0.1, -0.05) is 44.2 Å². The van der Waals surface area contributed by atoms with Crippen LogP contribution in [0.15, 0.2) is 30.3 Å². The maximum absolute atomic E-state index is 5.55. The number of benzene rings is 1. The Balaban J connectivity index is 0. The van der Waals surface area contributed by atoms with Crippen LogP contribution in [-0.4, -0.2) is 20.3 Å². The summed E-state index contributed by atoms with van der Waals surface area (Å²) in [5, 5.41) is 0. The Morgan fingerprint density at radius 1 is 1.18 bits per heavy atom. The summed E-state index contributed by atoms with van der Waals surface area (Å²) in [5.74, 6) is 0. The van der Waals surface area contributed by atoms with Crippen LogP contribution in [0.5, 0.6) is 0 Å². The third kappa shape index (κ3) is 9.47. The normalized spacial score (nSPS) is 10.8. The molecule has 0 aliphatic carbocycles. The van der Waals surface area contributed by atoms with E-state index in [0.717, 1.165) is 5.56 Å². The largest absolute Gasteiger partial charge is 0.716 e. The minimum atomic E-state index is -0.0682. The Hall–Kier alpha value is 0.892. The van der Waals surface area contributed by atoms with Gasteiger partial charge in [-0.25, -0.2) is 0 Å². The maximum atomic E-state index is 5.55. The number of rotatable bonds is 6. The zero-order chi connectivity index (χ0) is 12.2. The monoisotopic (exact) mass is 497 g/mol. The summed E-state index contributed by atoms with van der Waals surface area (Å²) >= 11 is 4.96. The van der Waals surface area contributed by atoms with Crippen molar-refractivity contribution in [1.82, 2.24) is 0 Å². The van der Waals surface area contributed by atoms with Gasteiger partial charge in [-0.2, -0.15) is 0 Å². The van der Waals surface area contributed by atoms with Gasteiger partial charge < -0.3 is 21.1 Å². The Labute approximate surface area is 137 Å². The fraction of sp³-hybridized carbons (Fsp3) is 0.500. The van der Waals surface area contributed by atoms with Crippen molar-refractivity contribution in [3.8, 4) is 0 Å². The fourth-order valence-corrected chi connectivity index (χ4v) is 1.95. The number of methoxy groups -OCH3 is 1. The molecule has 0 aliphatic heterocycles.